The molecule has 0 saturated heterocycles. The van der Waals surface area contributed by atoms with Crippen LogP contribution in [-0.2, 0) is 0 Å². The van der Waals surface area contributed by atoms with Gasteiger partial charge in [0.15, 0.2) is 0 Å². The van der Waals surface area contributed by atoms with E-state index in [9.17, 15) is 0 Å². The Morgan fingerprint density at radius 1 is 1.33 bits per heavy atom. The van der Waals surface area contributed by atoms with Crippen molar-refractivity contribution in [3.8, 4) is 0 Å². The lowest BCUT2D eigenvalue weighted by atomic mass is 10.2. The van der Waals surface area contributed by atoms with Gasteiger partial charge in [-0.2, -0.15) is 0 Å². The molecule has 76 valence electrons. The lowest BCUT2D eigenvalue weighted by Gasteiger charge is -1.99. The van der Waals surface area contributed by atoms with Crippen molar-refractivity contribution in [3.63, 3.8) is 0 Å². The highest BCUT2D eigenvalue weighted by atomic mass is 35.5. The Hall–Kier alpha value is -1.12. The van der Waals surface area contributed by atoms with Crippen LogP contribution in [0.15, 0.2) is 40.7 Å². The molecule has 0 saturated carbocycles. The molecule has 0 N–H and O–H groups in total. The summed E-state index contributed by atoms with van der Waals surface area (Å²) in [7, 11) is 0. The lowest BCUT2D eigenvalue weighted by Crippen LogP contribution is -1.76. The van der Waals surface area contributed by atoms with Crippen LogP contribution in [0.4, 0.5) is 5.69 Å². The molecule has 0 atom stereocenters. The molecule has 0 aliphatic carbocycles. The molecule has 1 heterocycles. The van der Waals surface area contributed by atoms with Crippen molar-refractivity contribution in [1.29, 1.82) is 0 Å². The molecule has 0 radical (unpaired) electrons. The van der Waals surface area contributed by atoms with Gasteiger partial charge >= 0.3 is 0 Å². The summed E-state index contributed by atoms with van der Waals surface area (Å²) >= 11 is 7.58. The average molecular weight is 236 g/mol. The molecule has 2 aromatic rings. The molecular formula is C12H10ClNS. The van der Waals surface area contributed by atoms with Crippen molar-refractivity contribution in [2.24, 2.45) is 4.99 Å². The van der Waals surface area contributed by atoms with Crippen molar-refractivity contribution in [1.82, 2.24) is 0 Å². The van der Waals surface area contributed by atoms with E-state index in [2.05, 4.69) is 4.99 Å². The fourth-order valence-electron chi connectivity index (χ4n) is 1.22. The van der Waals surface area contributed by atoms with Gasteiger partial charge in [0, 0.05) is 16.1 Å². The Bertz CT molecular complexity index is 474. The van der Waals surface area contributed by atoms with Crippen molar-refractivity contribution in [2.75, 3.05) is 0 Å². The van der Waals surface area contributed by atoms with E-state index in [0.29, 0.717) is 0 Å². The number of halogens is 1. The Morgan fingerprint density at radius 3 is 2.93 bits per heavy atom. The highest BCUT2D eigenvalue weighted by Gasteiger charge is 1.96. The third-order valence-electron chi connectivity index (χ3n) is 2.05. The zero-order valence-corrected chi connectivity index (χ0v) is 9.85. The molecule has 0 spiro atoms. The van der Waals surface area contributed by atoms with E-state index in [4.69, 9.17) is 11.6 Å². The predicted octanol–water partition coefficient (Wildman–Crippen LogP) is 4.46. The van der Waals surface area contributed by atoms with E-state index in [1.807, 2.05) is 48.9 Å². The van der Waals surface area contributed by atoms with Crippen LogP contribution in [0.25, 0.3) is 0 Å². The van der Waals surface area contributed by atoms with Crippen molar-refractivity contribution in [3.05, 3.63) is 51.2 Å². The average Bonchev–Trinajstić information content (AvgIpc) is 2.72. The Kier molecular flexibility index (Phi) is 3.19. The second-order valence-electron chi connectivity index (χ2n) is 3.20. The minimum atomic E-state index is 0.721. The molecule has 15 heavy (non-hydrogen) atoms. The standard InChI is InChI=1S/C12H10ClNS/c1-9-4-5-10(13)7-12(9)14-8-11-3-2-6-15-11/h2-8H,1H3. The van der Waals surface area contributed by atoms with Gasteiger partial charge in [0.25, 0.3) is 0 Å². The fourth-order valence-corrected chi connectivity index (χ4v) is 1.97. The van der Waals surface area contributed by atoms with Gasteiger partial charge in [-0.3, -0.25) is 4.99 Å². The number of aryl methyl sites for hydroxylation is 1. The highest BCUT2D eigenvalue weighted by molar-refractivity contribution is 7.11. The van der Waals surface area contributed by atoms with Gasteiger partial charge in [0.05, 0.1) is 5.69 Å². The number of hydrogen-bond acceptors (Lipinski definition) is 2. The third kappa shape index (κ3) is 2.67. The molecule has 3 heteroatoms. The highest BCUT2D eigenvalue weighted by Crippen LogP contribution is 2.23. The summed E-state index contributed by atoms with van der Waals surface area (Å²) in [6.45, 7) is 2.03. The summed E-state index contributed by atoms with van der Waals surface area (Å²) in [6, 6.07) is 9.77. The fraction of sp³-hybridized carbons (Fsp3) is 0.0833. The normalized spacial score (nSPS) is 11.1. The summed E-state index contributed by atoms with van der Waals surface area (Å²) < 4.78 is 0. The summed E-state index contributed by atoms with van der Waals surface area (Å²) in [4.78, 5) is 5.56. The number of thiophene rings is 1. The molecule has 0 bridgehead atoms. The number of nitrogens with zero attached hydrogens (tertiary/aromatic N) is 1. The Labute approximate surface area is 98.1 Å². The monoisotopic (exact) mass is 235 g/mol. The van der Waals surface area contributed by atoms with Crippen LogP contribution in [0, 0.1) is 6.92 Å². The summed E-state index contributed by atoms with van der Waals surface area (Å²) in [5, 5.41) is 2.76. The second kappa shape index (κ2) is 4.60. The van der Waals surface area contributed by atoms with E-state index in [1.165, 1.54) is 0 Å². The van der Waals surface area contributed by atoms with E-state index in [0.717, 1.165) is 21.2 Å². The molecule has 0 amide bonds. The van der Waals surface area contributed by atoms with Gasteiger partial charge in [0.1, 0.15) is 0 Å². The van der Waals surface area contributed by atoms with E-state index < -0.39 is 0 Å². The maximum Gasteiger partial charge on any atom is 0.0674 e. The lowest BCUT2D eigenvalue weighted by molar-refractivity contribution is 1.41. The van der Waals surface area contributed by atoms with Crippen LogP contribution in [0.3, 0.4) is 0 Å². The smallest absolute Gasteiger partial charge is 0.0674 e. The minimum Gasteiger partial charge on any atom is -0.255 e. The maximum atomic E-state index is 5.91. The van der Waals surface area contributed by atoms with Gasteiger partial charge in [-0.15, -0.1) is 11.3 Å². The molecular weight excluding hydrogens is 226 g/mol. The van der Waals surface area contributed by atoms with Crippen LogP contribution in [0.5, 0.6) is 0 Å². The number of benzene rings is 1. The van der Waals surface area contributed by atoms with Crippen LogP contribution >= 0.6 is 22.9 Å². The van der Waals surface area contributed by atoms with E-state index in [1.54, 1.807) is 11.3 Å². The zero-order valence-electron chi connectivity index (χ0n) is 8.27. The van der Waals surface area contributed by atoms with Crippen LogP contribution in [0.1, 0.15) is 10.4 Å². The molecule has 1 nitrogen and oxygen atoms in total. The SMILES string of the molecule is Cc1ccc(Cl)cc1N=Cc1cccs1. The molecule has 0 aliphatic rings. The minimum absolute atomic E-state index is 0.721. The predicted molar refractivity (Wildman–Crippen MR) is 67.8 cm³/mol. The molecule has 1 aromatic carbocycles. The third-order valence-corrected chi connectivity index (χ3v) is 3.09. The van der Waals surface area contributed by atoms with Crippen LogP contribution < -0.4 is 0 Å². The number of rotatable bonds is 2. The first-order chi connectivity index (χ1) is 7.25. The largest absolute Gasteiger partial charge is 0.255 e. The van der Waals surface area contributed by atoms with Gasteiger partial charge in [0.2, 0.25) is 0 Å². The molecule has 0 unspecified atom stereocenters. The van der Waals surface area contributed by atoms with Gasteiger partial charge in [-0.25, -0.2) is 0 Å². The summed E-state index contributed by atoms with van der Waals surface area (Å²) in [6.07, 6.45) is 1.86. The molecule has 2 rings (SSSR count). The summed E-state index contributed by atoms with van der Waals surface area (Å²) in [5.41, 5.74) is 2.06. The van der Waals surface area contributed by atoms with Crippen molar-refractivity contribution in [2.45, 2.75) is 6.92 Å². The first-order valence-corrected chi connectivity index (χ1v) is 5.85. The van der Waals surface area contributed by atoms with Gasteiger partial charge in [-0.1, -0.05) is 23.7 Å². The Morgan fingerprint density at radius 2 is 2.20 bits per heavy atom. The molecule has 0 aliphatic heterocycles. The second-order valence-corrected chi connectivity index (χ2v) is 4.62. The number of hydrogen-bond donors (Lipinski definition) is 0. The number of aliphatic imine (C=N–C) groups is 1. The van der Waals surface area contributed by atoms with Crippen LogP contribution in [0.2, 0.25) is 5.02 Å². The summed E-state index contributed by atoms with van der Waals surface area (Å²) in [5.74, 6) is 0. The van der Waals surface area contributed by atoms with Gasteiger partial charge in [-0.05, 0) is 36.1 Å². The maximum absolute atomic E-state index is 5.91. The first-order valence-electron chi connectivity index (χ1n) is 4.59. The zero-order chi connectivity index (χ0) is 10.7. The van der Waals surface area contributed by atoms with Gasteiger partial charge < -0.3 is 0 Å². The molecule has 1 aromatic heterocycles. The van der Waals surface area contributed by atoms with Crippen LogP contribution in [-0.4, -0.2) is 6.21 Å². The topological polar surface area (TPSA) is 12.4 Å². The quantitative estimate of drug-likeness (QED) is 0.682. The molecule has 0 fully saturated rings. The van der Waals surface area contributed by atoms with Crippen molar-refractivity contribution >= 4 is 34.8 Å². The Balaban J connectivity index is 2.27. The van der Waals surface area contributed by atoms with E-state index >= 15 is 0 Å². The first kappa shape index (κ1) is 10.4. The van der Waals surface area contributed by atoms with Crippen molar-refractivity contribution < 1.29 is 0 Å². The van der Waals surface area contributed by atoms with E-state index in [-0.39, 0.29) is 0 Å².